The Hall–Kier alpha value is -1.20. The Morgan fingerprint density at radius 2 is 2.15 bits per heavy atom. The van der Waals surface area contributed by atoms with Gasteiger partial charge < -0.3 is 15.0 Å². The van der Waals surface area contributed by atoms with Crippen LogP contribution in [0.15, 0.2) is 12.3 Å². The zero-order valence-corrected chi connectivity index (χ0v) is 12.4. The standard InChI is InChI=1S/C15H24FN3O/c1-3-19(4-2)9-10-20-15-14(16)12(7-8-17-15)11-18-13-5-6-13/h7-8,13,18H,3-6,9-11H2,1-2H3. The van der Waals surface area contributed by atoms with Crippen molar-refractivity contribution >= 4 is 0 Å². The van der Waals surface area contributed by atoms with Crippen molar-refractivity contribution in [3.8, 4) is 5.88 Å². The van der Waals surface area contributed by atoms with Gasteiger partial charge >= 0.3 is 0 Å². The lowest BCUT2D eigenvalue weighted by Crippen LogP contribution is -2.28. The Labute approximate surface area is 120 Å². The van der Waals surface area contributed by atoms with E-state index in [1.807, 2.05) is 0 Å². The van der Waals surface area contributed by atoms with Crippen LogP contribution in [0.2, 0.25) is 0 Å². The molecule has 0 aromatic carbocycles. The molecule has 1 aromatic heterocycles. The van der Waals surface area contributed by atoms with Gasteiger partial charge in [-0.1, -0.05) is 13.8 Å². The minimum absolute atomic E-state index is 0.118. The van der Waals surface area contributed by atoms with Crippen molar-refractivity contribution < 1.29 is 9.13 Å². The van der Waals surface area contributed by atoms with Crippen LogP contribution in [-0.4, -0.2) is 42.2 Å². The molecule has 20 heavy (non-hydrogen) atoms. The first-order valence-electron chi connectivity index (χ1n) is 7.46. The molecule has 1 aliphatic rings. The molecule has 0 aliphatic heterocycles. The monoisotopic (exact) mass is 281 g/mol. The molecule has 0 saturated heterocycles. The molecule has 2 rings (SSSR count). The SMILES string of the molecule is CCN(CC)CCOc1nccc(CNC2CC2)c1F. The molecule has 1 fully saturated rings. The minimum atomic E-state index is -0.333. The third kappa shape index (κ3) is 4.42. The molecule has 1 heterocycles. The number of halogens is 1. The largest absolute Gasteiger partial charge is 0.474 e. The van der Waals surface area contributed by atoms with Gasteiger partial charge in [-0.3, -0.25) is 0 Å². The third-order valence-corrected chi connectivity index (χ3v) is 3.64. The number of aromatic nitrogens is 1. The Morgan fingerprint density at radius 3 is 2.80 bits per heavy atom. The van der Waals surface area contributed by atoms with Crippen LogP contribution in [0, 0.1) is 5.82 Å². The van der Waals surface area contributed by atoms with Crippen LogP contribution >= 0.6 is 0 Å². The molecule has 0 spiro atoms. The van der Waals surface area contributed by atoms with Gasteiger partial charge in [-0.05, 0) is 32.0 Å². The fourth-order valence-electron chi connectivity index (χ4n) is 2.05. The maximum Gasteiger partial charge on any atom is 0.250 e. The van der Waals surface area contributed by atoms with E-state index in [-0.39, 0.29) is 11.7 Å². The van der Waals surface area contributed by atoms with E-state index in [1.54, 1.807) is 12.3 Å². The average molecular weight is 281 g/mol. The molecule has 1 aliphatic carbocycles. The Morgan fingerprint density at radius 1 is 1.40 bits per heavy atom. The zero-order valence-electron chi connectivity index (χ0n) is 12.4. The van der Waals surface area contributed by atoms with E-state index in [0.717, 1.165) is 19.6 Å². The van der Waals surface area contributed by atoms with Gasteiger partial charge in [0, 0.05) is 30.9 Å². The van der Waals surface area contributed by atoms with Crippen LogP contribution in [0.3, 0.4) is 0 Å². The highest BCUT2D eigenvalue weighted by Crippen LogP contribution is 2.21. The van der Waals surface area contributed by atoms with E-state index in [2.05, 4.69) is 29.0 Å². The lowest BCUT2D eigenvalue weighted by Gasteiger charge is -2.18. The lowest BCUT2D eigenvalue weighted by atomic mass is 10.2. The highest BCUT2D eigenvalue weighted by atomic mass is 19.1. The highest BCUT2D eigenvalue weighted by Gasteiger charge is 2.21. The van der Waals surface area contributed by atoms with Crippen molar-refractivity contribution in [1.82, 2.24) is 15.2 Å². The molecule has 1 saturated carbocycles. The second-order valence-electron chi connectivity index (χ2n) is 5.12. The topological polar surface area (TPSA) is 37.4 Å². The van der Waals surface area contributed by atoms with Crippen LogP contribution in [0.4, 0.5) is 4.39 Å². The van der Waals surface area contributed by atoms with Crippen LogP contribution in [0.25, 0.3) is 0 Å². The summed E-state index contributed by atoms with van der Waals surface area (Å²) >= 11 is 0. The Balaban J connectivity index is 1.85. The zero-order chi connectivity index (χ0) is 14.4. The summed E-state index contributed by atoms with van der Waals surface area (Å²) in [6, 6.07) is 2.27. The van der Waals surface area contributed by atoms with E-state index >= 15 is 0 Å². The van der Waals surface area contributed by atoms with E-state index in [4.69, 9.17) is 4.74 Å². The maximum absolute atomic E-state index is 14.2. The van der Waals surface area contributed by atoms with Crippen LogP contribution in [-0.2, 0) is 6.54 Å². The molecule has 5 heteroatoms. The predicted molar refractivity (Wildman–Crippen MR) is 77.3 cm³/mol. The van der Waals surface area contributed by atoms with Gasteiger partial charge in [-0.2, -0.15) is 0 Å². The first kappa shape index (κ1) is 15.2. The smallest absolute Gasteiger partial charge is 0.250 e. The average Bonchev–Trinajstić information content (AvgIpc) is 3.28. The summed E-state index contributed by atoms with van der Waals surface area (Å²) in [4.78, 5) is 6.22. The minimum Gasteiger partial charge on any atom is -0.474 e. The second kappa shape index (κ2) is 7.55. The van der Waals surface area contributed by atoms with Crippen molar-refractivity contribution in [2.24, 2.45) is 0 Å². The number of hydrogen-bond acceptors (Lipinski definition) is 4. The van der Waals surface area contributed by atoms with Gasteiger partial charge in [-0.25, -0.2) is 9.37 Å². The summed E-state index contributed by atoms with van der Waals surface area (Å²) in [5.74, 6) is -0.215. The normalized spacial score (nSPS) is 14.8. The summed E-state index contributed by atoms with van der Waals surface area (Å²) < 4.78 is 19.7. The lowest BCUT2D eigenvalue weighted by molar-refractivity contribution is 0.211. The van der Waals surface area contributed by atoms with Gasteiger partial charge in [-0.15, -0.1) is 0 Å². The van der Waals surface area contributed by atoms with Gasteiger partial charge in [0.2, 0.25) is 0 Å². The van der Waals surface area contributed by atoms with E-state index < -0.39 is 0 Å². The number of ether oxygens (including phenoxy) is 1. The number of nitrogens with zero attached hydrogens (tertiary/aromatic N) is 2. The van der Waals surface area contributed by atoms with Crippen LogP contribution in [0.1, 0.15) is 32.3 Å². The summed E-state index contributed by atoms with van der Waals surface area (Å²) in [6.07, 6.45) is 4.00. The van der Waals surface area contributed by atoms with E-state index in [0.29, 0.717) is 24.8 Å². The highest BCUT2D eigenvalue weighted by molar-refractivity contribution is 5.23. The fraction of sp³-hybridized carbons (Fsp3) is 0.667. The summed E-state index contributed by atoms with van der Waals surface area (Å²) in [5.41, 5.74) is 0.629. The van der Waals surface area contributed by atoms with Gasteiger partial charge in [0.25, 0.3) is 5.88 Å². The molecule has 0 radical (unpaired) electrons. The third-order valence-electron chi connectivity index (χ3n) is 3.64. The molecular weight excluding hydrogens is 257 g/mol. The molecule has 0 atom stereocenters. The van der Waals surface area contributed by atoms with Crippen molar-refractivity contribution in [2.45, 2.75) is 39.3 Å². The van der Waals surface area contributed by atoms with Gasteiger partial charge in [0.15, 0.2) is 5.82 Å². The first-order chi connectivity index (χ1) is 9.74. The Kier molecular flexibility index (Phi) is 5.73. The summed E-state index contributed by atoms with van der Waals surface area (Å²) in [7, 11) is 0. The number of likely N-dealkylation sites (N-methyl/N-ethyl adjacent to an activating group) is 1. The number of hydrogen-bond donors (Lipinski definition) is 1. The summed E-state index contributed by atoms with van der Waals surface area (Å²) in [5, 5.41) is 3.30. The first-order valence-corrected chi connectivity index (χ1v) is 7.46. The predicted octanol–water partition coefficient (Wildman–Crippen LogP) is 2.19. The molecule has 112 valence electrons. The van der Waals surface area contributed by atoms with E-state index in [1.165, 1.54) is 12.8 Å². The van der Waals surface area contributed by atoms with Crippen molar-refractivity contribution in [2.75, 3.05) is 26.2 Å². The molecular formula is C15H24FN3O. The Bertz CT molecular complexity index is 420. The fourth-order valence-corrected chi connectivity index (χ4v) is 2.05. The van der Waals surface area contributed by atoms with Crippen molar-refractivity contribution in [3.05, 3.63) is 23.6 Å². The van der Waals surface area contributed by atoms with E-state index in [9.17, 15) is 4.39 Å². The second-order valence-corrected chi connectivity index (χ2v) is 5.12. The molecule has 0 bridgehead atoms. The molecule has 0 unspecified atom stereocenters. The maximum atomic E-state index is 14.2. The molecule has 4 nitrogen and oxygen atoms in total. The number of pyridine rings is 1. The van der Waals surface area contributed by atoms with Crippen molar-refractivity contribution in [3.63, 3.8) is 0 Å². The molecule has 1 aromatic rings. The quantitative estimate of drug-likeness (QED) is 0.753. The van der Waals surface area contributed by atoms with Gasteiger partial charge in [0.1, 0.15) is 6.61 Å². The summed E-state index contributed by atoms with van der Waals surface area (Å²) in [6.45, 7) is 7.95. The van der Waals surface area contributed by atoms with Crippen LogP contribution < -0.4 is 10.1 Å². The van der Waals surface area contributed by atoms with Crippen LogP contribution in [0.5, 0.6) is 5.88 Å². The number of rotatable bonds is 9. The number of nitrogens with one attached hydrogen (secondary N) is 1. The van der Waals surface area contributed by atoms with Gasteiger partial charge in [0.05, 0.1) is 0 Å². The molecule has 1 N–H and O–H groups in total. The molecule has 0 amide bonds. The van der Waals surface area contributed by atoms with Crippen molar-refractivity contribution in [1.29, 1.82) is 0 Å².